The van der Waals surface area contributed by atoms with Gasteiger partial charge in [-0.3, -0.25) is 4.79 Å². The molecule has 1 aromatic rings. The summed E-state index contributed by atoms with van der Waals surface area (Å²) in [6, 6.07) is 8.64. The maximum absolute atomic E-state index is 12.5. The number of nitrogens with zero attached hydrogens (tertiary/aromatic N) is 1. The minimum atomic E-state index is -0.915. The zero-order valence-corrected chi connectivity index (χ0v) is 12.8. The van der Waals surface area contributed by atoms with Crippen molar-refractivity contribution in [3.8, 4) is 0 Å². The van der Waals surface area contributed by atoms with Crippen LogP contribution < -0.4 is 5.32 Å². The third-order valence-corrected chi connectivity index (χ3v) is 4.02. The highest BCUT2D eigenvalue weighted by Gasteiger charge is 2.21. The largest absolute Gasteiger partial charge is 0.481 e. The van der Waals surface area contributed by atoms with Crippen LogP contribution in [0.2, 0.25) is 0 Å². The predicted octanol–water partition coefficient (Wildman–Crippen LogP) is 3.18. The van der Waals surface area contributed by atoms with Crippen molar-refractivity contribution < 1.29 is 14.7 Å². The summed E-state index contributed by atoms with van der Waals surface area (Å²) in [7, 11) is 0. The van der Waals surface area contributed by atoms with Crippen molar-refractivity contribution in [2.45, 2.75) is 44.6 Å². The Hall–Kier alpha value is -2.04. The third-order valence-electron chi connectivity index (χ3n) is 4.02. The SMILES string of the molecule is O=C(O)C[C@@H](NC(=O)N1CCCCCCC1)c1ccccc1. The van der Waals surface area contributed by atoms with E-state index in [0.717, 1.165) is 44.3 Å². The van der Waals surface area contributed by atoms with Crippen LogP contribution >= 0.6 is 0 Å². The molecule has 0 aromatic heterocycles. The molecule has 0 aliphatic carbocycles. The first-order chi connectivity index (χ1) is 10.7. The second-order valence-corrected chi connectivity index (χ2v) is 5.77. The lowest BCUT2D eigenvalue weighted by molar-refractivity contribution is -0.137. The summed E-state index contributed by atoms with van der Waals surface area (Å²) >= 11 is 0. The Balaban J connectivity index is 2.02. The normalized spacial score (nSPS) is 17.2. The van der Waals surface area contributed by atoms with Gasteiger partial charge in [-0.05, 0) is 18.4 Å². The molecular formula is C17H24N2O3. The van der Waals surface area contributed by atoms with Gasteiger partial charge in [0.2, 0.25) is 0 Å². The molecule has 1 fully saturated rings. The van der Waals surface area contributed by atoms with Gasteiger partial charge < -0.3 is 15.3 Å². The smallest absolute Gasteiger partial charge is 0.317 e. The van der Waals surface area contributed by atoms with Crippen LogP contribution in [0.1, 0.15) is 50.1 Å². The number of carboxylic acid groups (broad SMARTS) is 1. The summed E-state index contributed by atoms with van der Waals surface area (Å²) in [5.41, 5.74) is 0.824. The van der Waals surface area contributed by atoms with Crippen LogP contribution in [0.25, 0.3) is 0 Å². The van der Waals surface area contributed by atoms with E-state index in [4.69, 9.17) is 5.11 Å². The second-order valence-electron chi connectivity index (χ2n) is 5.77. The van der Waals surface area contributed by atoms with E-state index in [1.807, 2.05) is 35.2 Å². The van der Waals surface area contributed by atoms with E-state index >= 15 is 0 Å². The van der Waals surface area contributed by atoms with Gasteiger partial charge in [-0.1, -0.05) is 49.6 Å². The van der Waals surface area contributed by atoms with E-state index in [9.17, 15) is 9.59 Å². The van der Waals surface area contributed by atoms with Crippen molar-refractivity contribution in [2.24, 2.45) is 0 Å². The molecule has 1 aliphatic heterocycles. The van der Waals surface area contributed by atoms with Crippen molar-refractivity contribution in [2.75, 3.05) is 13.1 Å². The Morgan fingerprint density at radius 3 is 2.23 bits per heavy atom. The molecule has 120 valence electrons. The molecule has 22 heavy (non-hydrogen) atoms. The van der Waals surface area contributed by atoms with Crippen molar-refractivity contribution in [3.63, 3.8) is 0 Å². The molecule has 2 N–H and O–H groups in total. The molecule has 1 saturated heterocycles. The van der Waals surface area contributed by atoms with Crippen LogP contribution in [0.15, 0.2) is 30.3 Å². The van der Waals surface area contributed by atoms with Crippen LogP contribution in [-0.2, 0) is 4.79 Å². The fourth-order valence-electron chi connectivity index (χ4n) is 2.80. The summed E-state index contributed by atoms with van der Waals surface area (Å²) in [5, 5.41) is 12.0. The zero-order chi connectivity index (χ0) is 15.8. The van der Waals surface area contributed by atoms with E-state index in [1.165, 1.54) is 6.42 Å². The highest BCUT2D eigenvalue weighted by molar-refractivity contribution is 5.76. The highest BCUT2D eigenvalue weighted by Crippen LogP contribution is 2.18. The van der Waals surface area contributed by atoms with E-state index in [2.05, 4.69) is 5.32 Å². The first kappa shape index (κ1) is 16.3. The number of aliphatic carboxylic acids is 1. The van der Waals surface area contributed by atoms with E-state index in [1.54, 1.807) is 0 Å². The Morgan fingerprint density at radius 2 is 1.64 bits per heavy atom. The summed E-state index contributed by atoms with van der Waals surface area (Å²) < 4.78 is 0. The molecule has 0 radical (unpaired) electrons. The first-order valence-corrected chi connectivity index (χ1v) is 7.99. The van der Waals surface area contributed by atoms with Crippen molar-refractivity contribution in [3.05, 3.63) is 35.9 Å². The van der Waals surface area contributed by atoms with Crippen LogP contribution in [0, 0.1) is 0 Å². The first-order valence-electron chi connectivity index (χ1n) is 7.99. The number of hydrogen-bond acceptors (Lipinski definition) is 2. The second kappa shape index (κ2) is 8.41. The molecule has 0 spiro atoms. The van der Waals surface area contributed by atoms with Crippen molar-refractivity contribution in [1.82, 2.24) is 10.2 Å². The molecule has 2 rings (SSSR count). The average molecular weight is 304 g/mol. The number of carboxylic acids is 1. The van der Waals surface area contributed by atoms with Gasteiger partial charge >= 0.3 is 12.0 Å². The number of benzene rings is 1. The monoisotopic (exact) mass is 304 g/mol. The van der Waals surface area contributed by atoms with Gasteiger partial charge in [0.05, 0.1) is 12.5 Å². The van der Waals surface area contributed by atoms with Crippen LogP contribution in [0.5, 0.6) is 0 Å². The van der Waals surface area contributed by atoms with Gasteiger partial charge in [-0.15, -0.1) is 0 Å². The minimum absolute atomic E-state index is 0.108. The molecule has 1 aromatic carbocycles. The number of carbonyl (C=O) groups excluding carboxylic acids is 1. The standard InChI is InChI=1S/C17H24N2O3/c20-16(21)13-15(14-9-5-4-6-10-14)18-17(22)19-11-7-2-1-3-8-12-19/h4-6,9-10,15H,1-3,7-8,11-13H2,(H,18,22)(H,20,21)/t15-/m1/s1. The number of carbonyl (C=O) groups is 2. The van der Waals surface area contributed by atoms with Crippen molar-refractivity contribution >= 4 is 12.0 Å². The zero-order valence-electron chi connectivity index (χ0n) is 12.8. The molecule has 0 unspecified atom stereocenters. The van der Waals surface area contributed by atoms with Gasteiger partial charge in [0.25, 0.3) is 0 Å². The van der Waals surface area contributed by atoms with Gasteiger partial charge in [-0.25, -0.2) is 4.79 Å². The van der Waals surface area contributed by atoms with Crippen LogP contribution in [-0.4, -0.2) is 35.1 Å². The van der Waals surface area contributed by atoms with Gasteiger partial charge in [0.1, 0.15) is 0 Å². The van der Waals surface area contributed by atoms with E-state index < -0.39 is 12.0 Å². The Labute approximate surface area is 131 Å². The lowest BCUT2D eigenvalue weighted by Crippen LogP contribution is -2.43. The molecule has 5 heteroatoms. The number of urea groups is 1. The van der Waals surface area contributed by atoms with Crippen LogP contribution in [0.4, 0.5) is 4.79 Å². The van der Waals surface area contributed by atoms with E-state index in [0.29, 0.717) is 0 Å². The summed E-state index contributed by atoms with van der Waals surface area (Å²) in [6.45, 7) is 1.50. The topological polar surface area (TPSA) is 69.6 Å². The van der Waals surface area contributed by atoms with Gasteiger partial charge in [-0.2, -0.15) is 0 Å². The molecule has 1 aliphatic rings. The number of likely N-dealkylation sites (tertiary alicyclic amines) is 1. The summed E-state index contributed by atoms with van der Waals surface area (Å²) in [5.74, 6) is -0.915. The Bertz CT molecular complexity index is 482. The fourth-order valence-corrected chi connectivity index (χ4v) is 2.80. The maximum Gasteiger partial charge on any atom is 0.317 e. The third kappa shape index (κ3) is 5.06. The van der Waals surface area contributed by atoms with Crippen molar-refractivity contribution in [1.29, 1.82) is 0 Å². The molecule has 0 bridgehead atoms. The fraction of sp³-hybridized carbons (Fsp3) is 0.529. The average Bonchev–Trinajstić information content (AvgIpc) is 2.46. The molecule has 5 nitrogen and oxygen atoms in total. The quantitative estimate of drug-likeness (QED) is 0.897. The number of rotatable bonds is 4. The summed E-state index contributed by atoms with van der Waals surface area (Å²) in [4.78, 5) is 25.3. The van der Waals surface area contributed by atoms with Crippen LogP contribution in [0.3, 0.4) is 0 Å². The number of amides is 2. The maximum atomic E-state index is 12.5. The highest BCUT2D eigenvalue weighted by atomic mass is 16.4. The van der Waals surface area contributed by atoms with Gasteiger partial charge in [0.15, 0.2) is 0 Å². The Kier molecular flexibility index (Phi) is 6.25. The predicted molar refractivity (Wildman–Crippen MR) is 84.6 cm³/mol. The lowest BCUT2D eigenvalue weighted by Gasteiger charge is -2.27. The number of hydrogen-bond donors (Lipinski definition) is 2. The number of nitrogens with one attached hydrogen (secondary N) is 1. The molecule has 2 amide bonds. The van der Waals surface area contributed by atoms with E-state index in [-0.39, 0.29) is 12.5 Å². The lowest BCUT2D eigenvalue weighted by atomic mass is 10.0. The Morgan fingerprint density at radius 1 is 1.05 bits per heavy atom. The molecule has 1 atom stereocenters. The molecule has 0 saturated carbocycles. The minimum Gasteiger partial charge on any atom is -0.481 e. The molecular weight excluding hydrogens is 280 g/mol. The summed E-state index contributed by atoms with van der Waals surface area (Å²) in [6.07, 6.45) is 5.47. The van der Waals surface area contributed by atoms with Gasteiger partial charge in [0, 0.05) is 13.1 Å². The molecule has 1 heterocycles.